The van der Waals surface area contributed by atoms with Crippen LogP contribution in [0.5, 0.6) is 0 Å². The van der Waals surface area contributed by atoms with E-state index in [1.54, 1.807) is 6.26 Å². The fraction of sp³-hybridized carbons (Fsp3) is 0.556. The van der Waals surface area contributed by atoms with Gasteiger partial charge >= 0.3 is 0 Å². The van der Waals surface area contributed by atoms with Gasteiger partial charge in [0.15, 0.2) is 0 Å². The van der Waals surface area contributed by atoms with Crippen molar-refractivity contribution in [2.24, 2.45) is 5.92 Å². The summed E-state index contributed by atoms with van der Waals surface area (Å²) in [6, 6.07) is 3.76. The van der Waals surface area contributed by atoms with Gasteiger partial charge in [-0.25, -0.2) is 0 Å². The summed E-state index contributed by atoms with van der Waals surface area (Å²) in [5, 5.41) is 9.50. The van der Waals surface area contributed by atoms with Gasteiger partial charge in [-0.15, -0.1) is 0 Å². The summed E-state index contributed by atoms with van der Waals surface area (Å²) in [4.78, 5) is 0. The first-order valence-electron chi connectivity index (χ1n) is 4.06. The number of aliphatic hydroxyl groups is 1. The van der Waals surface area contributed by atoms with Crippen molar-refractivity contribution in [2.75, 3.05) is 0 Å². The van der Waals surface area contributed by atoms with E-state index in [-0.39, 0.29) is 6.10 Å². The average Bonchev–Trinajstić information content (AvgIpc) is 2.73. The van der Waals surface area contributed by atoms with Gasteiger partial charge in [-0.05, 0) is 30.9 Å². The van der Waals surface area contributed by atoms with E-state index in [2.05, 4.69) is 0 Å². The van der Waals surface area contributed by atoms with Crippen LogP contribution in [-0.4, -0.2) is 11.2 Å². The molecule has 2 rings (SSSR count). The Morgan fingerprint density at radius 1 is 1.64 bits per heavy atom. The fourth-order valence-corrected chi connectivity index (χ4v) is 1.28. The van der Waals surface area contributed by atoms with E-state index in [9.17, 15) is 5.11 Å². The van der Waals surface area contributed by atoms with Gasteiger partial charge in [-0.2, -0.15) is 0 Å². The van der Waals surface area contributed by atoms with Gasteiger partial charge in [-0.1, -0.05) is 0 Å². The van der Waals surface area contributed by atoms with E-state index in [0.717, 1.165) is 5.76 Å². The zero-order valence-corrected chi connectivity index (χ0v) is 6.36. The summed E-state index contributed by atoms with van der Waals surface area (Å²) >= 11 is 0. The van der Waals surface area contributed by atoms with Gasteiger partial charge in [0.1, 0.15) is 5.76 Å². The predicted octanol–water partition coefficient (Wildman–Crippen LogP) is 1.59. The Labute approximate surface area is 65.8 Å². The van der Waals surface area contributed by atoms with E-state index >= 15 is 0 Å². The Balaban J connectivity index is 1.89. The molecule has 1 aromatic rings. The molecule has 1 heterocycles. The molecule has 1 fully saturated rings. The highest BCUT2D eigenvalue weighted by atomic mass is 16.3. The van der Waals surface area contributed by atoms with E-state index in [0.29, 0.717) is 12.3 Å². The third kappa shape index (κ3) is 1.63. The molecule has 60 valence electrons. The van der Waals surface area contributed by atoms with Crippen molar-refractivity contribution in [3.63, 3.8) is 0 Å². The second kappa shape index (κ2) is 2.70. The van der Waals surface area contributed by atoms with E-state index in [1.165, 1.54) is 12.8 Å². The average molecular weight is 152 g/mol. The third-order valence-corrected chi connectivity index (χ3v) is 2.16. The number of rotatable bonds is 3. The van der Waals surface area contributed by atoms with Crippen molar-refractivity contribution in [3.05, 3.63) is 24.2 Å². The van der Waals surface area contributed by atoms with Crippen LogP contribution in [0.4, 0.5) is 0 Å². The Kier molecular flexibility index (Phi) is 1.70. The number of aliphatic hydroxyl groups excluding tert-OH is 1. The lowest BCUT2D eigenvalue weighted by Gasteiger charge is -2.04. The van der Waals surface area contributed by atoms with Gasteiger partial charge in [0.2, 0.25) is 0 Å². The summed E-state index contributed by atoms with van der Waals surface area (Å²) in [7, 11) is 0. The number of hydrogen-bond donors (Lipinski definition) is 1. The molecule has 0 amide bonds. The normalized spacial score (nSPS) is 20.1. The molecule has 0 bridgehead atoms. The van der Waals surface area contributed by atoms with Crippen LogP contribution >= 0.6 is 0 Å². The number of hydrogen-bond acceptors (Lipinski definition) is 2. The third-order valence-electron chi connectivity index (χ3n) is 2.16. The monoisotopic (exact) mass is 152 g/mol. The lowest BCUT2D eigenvalue weighted by Crippen LogP contribution is -2.11. The first-order valence-corrected chi connectivity index (χ1v) is 4.06. The molecule has 0 saturated heterocycles. The molecular formula is C9H12O2. The highest BCUT2D eigenvalue weighted by molar-refractivity contribution is 5.01. The van der Waals surface area contributed by atoms with Crippen LogP contribution in [-0.2, 0) is 6.42 Å². The summed E-state index contributed by atoms with van der Waals surface area (Å²) in [5.41, 5.74) is 0. The molecule has 1 aliphatic carbocycles. The SMILES string of the molecule is OC(Cc1ccco1)C1CC1. The molecule has 0 spiro atoms. The van der Waals surface area contributed by atoms with Crippen molar-refractivity contribution < 1.29 is 9.52 Å². The topological polar surface area (TPSA) is 33.4 Å². The molecular weight excluding hydrogens is 140 g/mol. The maximum Gasteiger partial charge on any atom is 0.106 e. The van der Waals surface area contributed by atoms with Crippen molar-refractivity contribution in [2.45, 2.75) is 25.4 Å². The van der Waals surface area contributed by atoms with Crippen LogP contribution in [0.3, 0.4) is 0 Å². The Morgan fingerprint density at radius 2 is 2.45 bits per heavy atom. The fourth-order valence-electron chi connectivity index (χ4n) is 1.28. The Morgan fingerprint density at radius 3 is 3.00 bits per heavy atom. The van der Waals surface area contributed by atoms with Gasteiger partial charge in [0.05, 0.1) is 12.4 Å². The molecule has 0 radical (unpaired) electrons. The summed E-state index contributed by atoms with van der Waals surface area (Å²) in [5.74, 6) is 1.43. The van der Waals surface area contributed by atoms with Gasteiger partial charge in [-0.3, -0.25) is 0 Å². The quantitative estimate of drug-likeness (QED) is 0.713. The van der Waals surface area contributed by atoms with Crippen molar-refractivity contribution in [1.29, 1.82) is 0 Å². The highest BCUT2D eigenvalue weighted by Gasteiger charge is 2.29. The minimum absolute atomic E-state index is 0.179. The maximum atomic E-state index is 9.50. The molecule has 0 aliphatic heterocycles. The molecule has 1 N–H and O–H groups in total. The first-order chi connectivity index (χ1) is 5.36. The molecule has 11 heavy (non-hydrogen) atoms. The smallest absolute Gasteiger partial charge is 0.106 e. The molecule has 1 aromatic heterocycles. The molecule has 2 nitrogen and oxygen atoms in total. The van der Waals surface area contributed by atoms with Gasteiger partial charge in [0.25, 0.3) is 0 Å². The van der Waals surface area contributed by atoms with E-state index < -0.39 is 0 Å². The minimum Gasteiger partial charge on any atom is -0.469 e. The lowest BCUT2D eigenvalue weighted by atomic mass is 10.1. The second-order valence-electron chi connectivity index (χ2n) is 3.19. The van der Waals surface area contributed by atoms with Crippen LogP contribution < -0.4 is 0 Å². The Hall–Kier alpha value is -0.760. The molecule has 2 heteroatoms. The predicted molar refractivity (Wildman–Crippen MR) is 41.1 cm³/mol. The largest absolute Gasteiger partial charge is 0.469 e. The first kappa shape index (κ1) is 6.92. The van der Waals surface area contributed by atoms with E-state index in [1.807, 2.05) is 12.1 Å². The zero-order chi connectivity index (χ0) is 7.68. The van der Waals surface area contributed by atoms with Crippen molar-refractivity contribution >= 4 is 0 Å². The van der Waals surface area contributed by atoms with Crippen LogP contribution in [0.1, 0.15) is 18.6 Å². The lowest BCUT2D eigenvalue weighted by molar-refractivity contribution is 0.145. The Bertz CT molecular complexity index is 211. The van der Waals surface area contributed by atoms with Crippen LogP contribution in [0.2, 0.25) is 0 Å². The molecule has 1 atom stereocenters. The van der Waals surface area contributed by atoms with Crippen LogP contribution in [0.25, 0.3) is 0 Å². The highest BCUT2D eigenvalue weighted by Crippen LogP contribution is 2.33. The van der Waals surface area contributed by atoms with Crippen LogP contribution in [0.15, 0.2) is 22.8 Å². The summed E-state index contributed by atoms with van der Waals surface area (Å²) in [6.07, 6.45) is 4.51. The summed E-state index contributed by atoms with van der Waals surface area (Å²) < 4.78 is 5.12. The maximum absolute atomic E-state index is 9.50. The second-order valence-corrected chi connectivity index (χ2v) is 3.19. The summed E-state index contributed by atoms with van der Waals surface area (Å²) in [6.45, 7) is 0. The van der Waals surface area contributed by atoms with Crippen LogP contribution in [0, 0.1) is 5.92 Å². The van der Waals surface area contributed by atoms with E-state index in [4.69, 9.17) is 4.42 Å². The van der Waals surface area contributed by atoms with Gasteiger partial charge < -0.3 is 9.52 Å². The molecule has 1 aliphatic rings. The molecule has 1 unspecified atom stereocenters. The van der Waals surface area contributed by atoms with Gasteiger partial charge in [0, 0.05) is 6.42 Å². The minimum atomic E-state index is -0.179. The molecule has 1 saturated carbocycles. The standard InChI is InChI=1S/C9H12O2/c10-9(7-3-4-7)6-8-2-1-5-11-8/h1-2,5,7,9-10H,3-4,6H2. The molecule has 0 aromatic carbocycles. The van der Waals surface area contributed by atoms with Crippen molar-refractivity contribution in [3.8, 4) is 0 Å². The van der Waals surface area contributed by atoms with Crippen molar-refractivity contribution in [1.82, 2.24) is 0 Å². The number of furan rings is 1. The zero-order valence-electron chi connectivity index (χ0n) is 6.36.